The second-order valence-corrected chi connectivity index (χ2v) is 9.26. The molecule has 0 saturated carbocycles. The Balaban J connectivity index is 1.76. The quantitative estimate of drug-likeness (QED) is 0.496. The van der Waals surface area contributed by atoms with Crippen LogP contribution in [0, 0.1) is 11.3 Å². The Morgan fingerprint density at radius 2 is 1.59 bits per heavy atom. The van der Waals surface area contributed by atoms with Crippen LogP contribution in [0.5, 0.6) is 0 Å². The number of fused-ring (bicyclic) bond motifs is 1. The Hall–Kier alpha value is -3.18. The summed E-state index contributed by atoms with van der Waals surface area (Å²) in [6.45, 7) is 7.69. The van der Waals surface area contributed by atoms with E-state index in [-0.39, 0.29) is 5.41 Å². The van der Waals surface area contributed by atoms with Crippen LogP contribution in [0.3, 0.4) is 0 Å². The van der Waals surface area contributed by atoms with Gasteiger partial charge in [0, 0.05) is 11.0 Å². The van der Waals surface area contributed by atoms with Gasteiger partial charge in [0.1, 0.15) is 12.0 Å². The van der Waals surface area contributed by atoms with E-state index in [1.807, 2.05) is 76.2 Å². The summed E-state index contributed by atoms with van der Waals surface area (Å²) >= 11 is 0. The van der Waals surface area contributed by atoms with Crippen LogP contribution in [0.15, 0.2) is 72.8 Å². The molecule has 0 aliphatic carbocycles. The Kier molecular flexibility index (Phi) is 6.02. The van der Waals surface area contributed by atoms with Crippen molar-refractivity contribution in [3.63, 3.8) is 0 Å². The molecule has 5 heteroatoms. The van der Waals surface area contributed by atoms with Gasteiger partial charge in [0.2, 0.25) is 6.29 Å². The third kappa shape index (κ3) is 4.39. The van der Waals surface area contributed by atoms with Crippen LogP contribution in [-0.4, -0.2) is 24.3 Å². The molecule has 3 aromatic rings. The van der Waals surface area contributed by atoms with E-state index in [9.17, 15) is 9.59 Å². The van der Waals surface area contributed by atoms with E-state index in [0.717, 1.165) is 16.3 Å². The number of rotatable bonds is 4. The molecule has 1 heterocycles. The minimum atomic E-state index is -0.864. The van der Waals surface area contributed by atoms with E-state index in [0.29, 0.717) is 5.56 Å². The van der Waals surface area contributed by atoms with Gasteiger partial charge in [0.15, 0.2) is 0 Å². The summed E-state index contributed by atoms with van der Waals surface area (Å²) in [7, 11) is 0. The van der Waals surface area contributed by atoms with E-state index >= 15 is 0 Å². The average molecular weight is 433 g/mol. The lowest BCUT2D eigenvalue weighted by atomic mass is 9.86. The smallest absolute Gasteiger partial charge is 0.338 e. The molecular weight excluding hydrogens is 404 g/mol. The van der Waals surface area contributed by atoms with E-state index in [2.05, 4.69) is 0 Å². The van der Waals surface area contributed by atoms with Crippen molar-refractivity contribution >= 4 is 22.7 Å². The Morgan fingerprint density at radius 3 is 2.28 bits per heavy atom. The van der Waals surface area contributed by atoms with Crippen LogP contribution in [-0.2, 0) is 19.0 Å². The second-order valence-electron chi connectivity index (χ2n) is 9.26. The number of cyclic esters (lactones) is 1. The largest absolute Gasteiger partial charge is 0.453 e. The molecule has 1 fully saturated rings. The van der Waals surface area contributed by atoms with Crippen molar-refractivity contribution in [3.05, 3.63) is 83.9 Å². The fourth-order valence-corrected chi connectivity index (χ4v) is 4.02. The van der Waals surface area contributed by atoms with Crippen LogP contribution in [0.4, 0.5) is 0 Å². The van der Waals surface area contributed by atoms with E-state index in [4.69, 9.17) is 14.2 Å². The molecular formula is C27H28O5. The molecule has 1 unspecified atom stereocenters. The van der Waals surface area contributed by atoms with Crippen molar-refractivity contribution in [2.45, 2.75) is 46.2 Å². The lowest BCUT2D eigenvalue weighted by Gasteiger charge is -2.41. The van der Waals surface area contributed by atoms with Gasteiger partial charge in [-0.1, -0.05) is 81.4 Å². The Morgan fingerprint density at radius 1 is 0.938 bits per heavy atom. The summed E-state index contributed by atoms with van der Waals surface area (Å²) in [5.74, 6) is -1.73. The van der Waals surface area contributed by atoms with Gasteiger partial charge < -0.3 is 14.2 Å². The SMILES string of the molecule is C[C@H]1O[C@@H](C(C)(C)C)OC(=O)[C@@H]1C(OC(=O)c1ccccc1)c1cccc2ccccc12. The predicted octanol–water partition coefficient (Wildman–Crippen LogP) is 5.69. The molecule has 1 aliphatic rings. The van der Waals surface area contributed by atoms with Gasteiger partial charge in [0.05, 0.1) is 11.7 Å². The zero-order valence-electron chi connectivity index (χ0n) is 18.8. The molecule has 0 amide bonds. The van der Waals surface area contributed by atoms with Crippen molar-refractivity contribution < 1.29 is 23.8 Å². The number of esters is 2. The van der Waals surface area contributed by atoms with Crippen LogP contribution < -0.4 is 0 Å². The summed E-state index contributed by atoms with van der Waals surface area (Å²) < 4.78 is 17.8. The van der Waals surface area contributed by atoms with E-state index < -0.39 is 36.4 Å². The maximum atomic E-state index is 13.2. The predicted molar refractivity (Wildman–Crippen MR) is 122 cm³/mol. The third-order valence-electron chi connectivity index (χ3n) is 5.75. The number of hydrogen-bond donors (Lipinski definition) is 0. The van der Waals surface area contributed by atoms with Gasteiger partial charge in [-0.2, -0.15) is 0 Å². The lowest BCUT2D eigenvalue weighted by molar-refractivity contribution is -0.261. The Bertz CT molecular complexity index is 1110. The number of ether oxygens (including phenoxy) is 3. The maximum Gasteiger partial charge on any atom is 0.338 e. The molecule has 4 atom stereocenters. The molecule has 1 aliphatic heterocycles. The first-order valence-electron chi connectivity index (χ1n) is 10.9. The van der Waals surface area contributed by atoms with Crippen molar-refractivity contribution in [2.75, 3.05) is 0 Å². The van der Waals surface area contributed by atoms with Crippen molar-refractivity contribution in [2.24, 2.45) is 11.3 Å². The summed E-state index contributed by atoms with van der Waals surface area (Å²) in [6.07, 6.45) is -2.04. The standard InChI is InChI=1S/C27H28O5/c1-17-22(25(29)32-26(30-17)27(2,3)4)23(31-24(28)19-12-6-5-7-13-19)21-16-10-14-18-11-8-9-15-20(18)21/h5-17,22-23,26H,1-4H3/t17-,22+,23?,26-/m1/s1. The zero-order valence-corrected chi connectivity index (χ0v) is 18.8. The summed E-state index contributed by atoms with van der Waals surface area (Å²) in [5, 5.41) is 1.91. The average Bonchev–Trinajstić information content (AvgIpc) is 2.77. The highest BCUT2D eigenvalue weighted by molar-refractivity contribution is 5.91. The molecule has 32 heavy (non-hydrogen) atoms. The lowest BCUT2D eigenvalue weighted by Crippen LogP contribution is -2.49. The third-order valence-corrected chi connectivity index (χ3v) is 5.75. The van der Waals surface area contributed by atoms with Crippen molar-refractivity contribution in [1.82, 2.24) is 0 Å². The van der Waals surface area contributed by atoms with Crippen molar-refractivity contribution in [3.8, 4) is 0 Å². The van der Waals surface area contributed by atoms with Gasteiger partial charge in [-0.15, -0.1) is 0 Å². The summed E-state index contributed by atoms with van der Waals surface area (Å²) in [4.78, 5) is 26.3. The highest BCUT2D eigenvalue weighted by Gasteiger charge is 2.47. The van der Waals surface area contributed by atoms with Crippen LogP contribution in [0.1, 0.15) is 49.7 Å². The maximum absolute atomic E-state index is 13.2. The fourth-order valence-electron chi connectivity index (χ4n) is 4.02. The summed E-state index contributed by atoms with van der Waals surface area (Å²) in [5.41, 5.74) is 0.798. The first-order valence-corrected chi connectivity index (χ1v) is 10.9. The van der Waals surface area contributed by atoms with E-state index in [1.54, 1.807) is 24.3 Å². The minimum Gasteiger partial charge on any atom is -0.453 e. The van der Waals surface area contributed by atoms with Gasteiger partial charge in [0.25, 0.3) is 0 Å². The second kappa shape index (κ2) is 8.75. The van der Waals surface area contributed by atoms with Crippen molar-refractivity contribution in [1.29, 1.82) is 0 Å². The number of benzene rings is 3. The first-order chi connectivity index (χ1) is 15.3. The topological polar surface area (TPSA) is 61.8 Å². The molecule has 166 valence electrons. The number of hydrogen-bond acceptors (Lipinski definition) is 5. The first kappa shape index (κ1) is 22.0. The Labute approximate surface area is 188 Å². The van der Waals surface area contributed by atoms with Crippen LogP contribution >= 0.6 is 0 Å². The monoisotopic (exact) mass is 432 g/mol. The highest BCUT2D eigenvalue weighted by Crippen LogP contribution is 2.40. The number of carbonyl (C=O) groups is 2. The molecule has 3 aromatic carbocycles. The zero-order chi connectivity index (χ0) is 22.9. The molecule has 0 N–H and O–H groups in total. The molecule has 0 radical (unpaired) electrons. The minimum absolute atomic E-state index is 0.370. The number of carbonyl (C=O) groups excluding carboxylic acids is 2. The van der Waals surface area contributed by atoms with Gasteiger partial charge in [-0.05, 0) is 29.8 Å². The fraction of sp³-hybridized carbons (Fsp3) is 0.333. The molecule has 0 aromatic heterocycles. The molecule has 5 nitrogen and oxygen atoms in total. The molecule has 1 saturated heterocycles. The normalized spacial score (nSPS) is 22.2. The van der Waals surface area contributed by atoms with Gasteiger partial charge >= 0.3 is 11.9 Å². The molecule has 0 spiro atoms. The van der Waals surface area contributed by atoms with Crippen LogP contribution in [0.2, 0.25) is 0 Å². The van der Waals surface area contributed by atoms with Gasteiger partial charge in [-0.3, -0.25) is 4.79 Å². The highest BCUT2D eigenvalue weighted by atomic mass is 16.7. The molecule has 4 rings (SSSR count). The summed E-state index contributed by atoms with van der Waals surface area (Å²) in [6, 6.07) is 22.4. The van der Waals surface area contributed by atoms with Crippen LogP contribution in [0.25, 0.3) is 10.8 Å². The van der Waals surface area contributed by atoms with E-state index in [1.165, 1.54) is 0 Å². The van der Waals surface area contributed by atoms with Gasteiger partial charge in [-0.25, -0.2) is 4.79 Å². The molecule has 0 bridgehead atoms.